The fourth-order valence-corrected chi connectivity index (χ4v) is 2.24. The van der Waals surface area contributed by atoms with E-state index in [1.165, 1.54) is 7.11 Å². The van der Waals surface area contributed by atoms with Gasteiger partial charge in [-0.1, -0.05) is 29.3 Å². The van der Waals surface area contributed by atoms with E-state index in [1.807, 2.05) is 12.1 Å². The molecule has 0 aliphatic rings. The fraction of sp³-hybridized carbons (Fsp3) is 0.133. The third-order valence-corrected chi connectivity index (χ3v) is 3.20. The van der Waals surface area contributed by atoms with E-state index in [-0.39, 0.29) is 0 Å². The first-order chi connectivity index (χ1) is 10.1. The van der Waals surface area contributed by atoms with Crippen LogP contribution in [-0.2, 0) is 0 Å². The molecule has 0 heterocycles. The fourth-order valence-electron chi connectivity index (χ4n) is 1.75. The summed E-state index contributed by atoms with van der Waals surface area (Å²) in [6.45, 7) is 0. The Hall–Kier alpha value is -1.91. The van der Waals surface area contributed by atoms with Gasteiger partial charge in [0.05, 0.1) is 31.1 Å². The third kappa shape index (κ3) is 4.03. The quantitative estimate of drug-likeness (QED) is 0.652. The molecular weight excluding hydrogens is 311 g/mol. The molecule has 0 fully saturated rings. The van der Waals surface area contributed by atoms with Crippen LogP contribution in [0.4, 0.5) is 5.69 Å². The number of benzene rings is 2. The molecule has 0 saturated carbocycles. The molecule has 0 radical (unpaired) electrons. The Bertz CT molecular complexity index is 660. The van der Waals surface area contributed by atoms with Gasteiger partial charge >= 0.3 is 0 Å². The van der Waals surface area contributed by atoms with E-state index < -0.39 is 0 Å². The number of hydrogen-bond donors (Lipinski definition) is 1. The Morgan fingerprint density at radius 3 is 2.57 bits per heavy atom. The smallest absolute Gasteiger partial charge is 0.179 e. The molecule has 1 N–H and O–H groups in total. The number of ether oxygens (including phenoxy) is 2. The highest BCUT2D eigenvalue weighted by Gasteiger charge is 2.09. The van der Waals surface area contributed by atoms with Gasteiger partial charge in [0.2, 0.25) is 0 Å². The molecule has 0 aliphatic carbocycles. The van der Waals surface area contributed by atoms with Crippen molar-refractivity contribution in [2.75, 3.05) is 19.6 Å². The predicted molar refractivity (Wildman–Crippen MR) is 87.2 cm³/mol. The van der Waals surface area contributed by atoms with Crippen molar-refractivity contribution in [1.82, 2.24) is 0 Å². The molecule has 21 heavy (non-hydrogen) atoms. The summed E-state index contributed by atoms with van der Waals surface area (Å²) in [6, 6.07) is 10.8. The first-order valence-corrected chi connectivity index (χ1v) is 6.86. The summed E-state index contributed by atoms with van der Waals surface area (Å²) >= 11 is 12.0. The van der Waals surface area contributed by atoms with Crippen LogP contribution >= 0.6 is 23.2 Å². The summed E-state index contributed by atoms with van der Waals surface area (Å²) in [6.07, 6.45) is 1.63. The lowest BCUT2D eigenvalue weighted by Gasteiger charge is -2.10. The molecule has 4 nitrogen and oxygen atoms in total. The third-order valence-electron chi connectivity index (χ3n) is 2.69. The Balaban J connectivity index is 2.16. The van der Waals surface area contributed by atoms with E-state index in [9.17, 15) is 0 Å². The van der Waals surface area contributed by atoms with Gasteiger partial charge in [0.1, 0.15) is 0 Å². The van der Waals surface area contributed by atoms with Crippen molar-refractivity contribution >= 4 is 35.1 Å². The Labute approximate surface area is 133 Å². The van der Waals surface area contributed by atoms with Gasteiger partial charge in [-0.3, -0.25) is 5.43 Å². The molecule has 2 aromatic rings. The second-order valence-corrected chi connectivity index (χ2v) is 4.96. The summed E-state index contributed by atoms with van der Waals surface area (Å²) in [4.78, 5) is 0. The lowest BCUT2D eigenvalue weighted by atomic mass is 10.2. The largest absolute Gasteiger partial charge is 0.493 e. The Kier molecular flexibility index (Phi) is 5.31. The average molecular weight is 325 g/mol. The molecule has 0 atom stereocenters. The van der Waals surface area contributed by atoms with Crippen LogP contribution < -0.4 is 14.9 Å². The van der Waals surface area contributed by atoms with E-state index in [1.54, 1.807) is 37.6 Å². The van der Waals surface area contributed by atoms with Crippen molar-refractivity contribution in [3.05, 3.63) is 52.0 Å². The summed E-state index contributed by atoms with van der Waals surface area (Å²) in [5.41, 5.74) is 4.47. The number of nitrogens with one attached hydrogen (secondary N) is 1. The molecule has 2 rings (SSSR count). The summed E-state index contributed by atoms with van der Waals surface area (Å²) in [5.74, 6) is 1.05. The Morgan fingerprint density at radius 2 is 1.90 bits per heavy atom. The number of hydrogen-bond acceptors (Lipinski definition) is 4. The summed E-state index contributed by atoms with van der Waals surface area (Å²) in [5, 5.41) is 5.24. The first kappa shape index (κ1) is 15.5. The molecule has 0 aromatic heterocycles. The van der Waals surface area contributed by atoms with Crippen LogP contribution in [0, 0.1) is 0 Å². The molecule has 0 saturated heterocycles. The molecule has 0 amide bonds. The summed E-state index contributed by atoms with van der Waals surface area (Å²) < 4.78 is 10.4. The van der Waals surface area contributed by atoms with Crippen molar-refractivity contribution in [2.24, 2.45) is 5.10 Å². The van der Waals surface area contributed by atoms with Crippen molar-refractivity contribution in [3.63, 3.8) is 0 Å². The van der Waals surface area contributed by atoms with E-state index >= 15 is 0 Å². The van der Waals surface area contributed by atoms with Crippen molar-refractivity contribution in [2.45, 2.75) is 0 Å². The van der Waals surface area contributed by atoms with Crippen molar-refractivity contribution < 1.29 is 9.47 Å². The van der Waals surface area contributed by atoms with Crippen molar-refractivity contribution in [1.29, 1.82) is 0 Å². The number of rotatable bonds is 5. The maximum absolute atomic E-state index is 6.13. The highest BCUT2D eigenvalue weighted by atomic mass is 35.5. The monoisotopic (exact) mass is 324 g/mol. The number of hydrazone groups is 1. The molecule has 0 spiro atoms. The topological polar surface area (TPSA) is 42.8 Å². The maximum atomic E-state index is 6.13. The lowest BCUT2D eigenvalue weighted by molar-refractivity contribution is 0.355. The zero-order valence-electron chi connectivity index (χ0n) is 11.6. The van der Waals surface area contributed by atoms with Crippen LogP contribution in [0.1, 0.15) is 5.56 Å². The second-order valence-electron chi connectivity index (χ2n) is 4.12. The van der Waals surface area contributed by atoms with Crippen molar-refractivity contribution in [3.8, 4) is 11.5 Å². The highest BCUT2D eigenvalue weighted by Crippen LogP contribution is 2.35. The van der Waals surface area contributed by atoms with E-state index in [0.717, 1.165) is 11.3 Å². The Morgan fingerprint density at radius 1 is 1.10 bits per heavy atom. The minimum Gasteiger partial charge on any atom is -0.493 e. The van der Waals surface area contributed by atoms with Gasteiger partial charge in [0.25, 0.3) is 0 Å². The zero-order chi connectivity index (χ0) is 15.2. The van der Waals surface area contributed by atoms with Gasteiger partial charge in [-0.05, 0) is 35.9 Å². The van der Waals surface area contributed by atoms with Crippen LogP contribution in [0.3, 0.4) is 0 Å². The van der Waals surface area contributed by atoms with Gasteiger partial charge in [0, 0.05) is 5.02 Å². The molecular formula is C15H14Cl2N2O2. The lowest BCUT2D eigenvalue weighted by Crippen LogP contribution is -1.95. The van der Waals surface area contributed by atoms with Gasteiger partial charge in [-0.2, -0.15) is 5.10 Å². The molecule has 0 unspecified atom stereocenters. The maximum Gasteiger partial charge on any atom is 0.179 e. The van der Waals surface area contributed by atoms with Crippen LogP contribution in [0.2, 0.25) is 10.0 Å². The first-order valence-electron chi connectivity index (χ1n) is 6.10. The van der Waals surface area contributed by atoms with Gasteiger partial charge in [-0.25, -0.2) is 0 Å². The SMILES string of the molecule is COc1cc(C=NNc2cccc(Cl)c2)cc(Cl)c1OC. The predicted octanol–water partition coefficient (Wildman–Crippen LogP) is 4.46. The molecule has 2 aromatic carbocycles. The minimum atomic E-state index is 0.459. The zero-order valence-corrected chi connectivity index (χ0v) is 13.1. The van der Waals surface area contributed by atoms with E-state index in [0.29, 0.717) is 21.5 Å². The highest BCUT2D eigenvalue weighted by molar-refractivity contribution is 6.32. The molecule has 110 valence electrons. The molecule has 6 heteroatoms. The standard InChI is InChI=1S/C15H14Cl2N2O2/c1-20-14-7-10(6-13(17)15(14)21-2)9-18-19-12-5-3-4-11(16)8-12/h3-9,19H,1-2H3. The molecule has 0 aliphatic heterocycles. The van der Waals surface area contributed by atoms with Gasteiger partial charge in [-0.15, -0.1) is 0 Å². The van der Waals surface area contributed by atoms with E-state index in [4.69, 9.17) is 32.7 Å². The normalized spacial score (nSPS) is 10.7. The minimum absolute atomic E-state index is 0.459. The van der Waals surface area contributed by atoms with Crippen LogP contribution in [-0.4, -0.2) is 20.4 Å². The van der Waals surface area contributed by atoms with Gasteiger partial charge in [0.15, 0.2) is 11.5 Å². The number of halogens is 2. The van der Waals surface area contributed by atoms with Crippen LogP contribution in [0.5, 0.6) is 11.5 Å². The van der Waals surface area contributed by atoms with Crippen LogP contribution in [0.15, 0.2) is 41.5 Å². The second kappa shape index (κ2) is 7.20. The summed E-state index contributed by atoms with van der Waals surface area (Å²) in [7, 11) is 3.09. The molecule has 0 bridgehead atoms. The number of methoxy groups -OCH3 is 2. The van der Waals surface area contributed by atoms with E-state index in [2.05, 4.69) is 10.5 Å². The van der Waals surface area contributed by atoms with Gasteiger partial charge < -0.3 is 9.47 Å². The van der Waals surface area contributed by atoms with Crippen LogP contribution in [0.25, 0.3) is 0 Å². The number of nitrogens with zero attached hydrogens (tertiary/aromatic N) is 1. The number of anilines is 1. The average Bonchev–Trinajstić information content (AvgIpc) is 2.46.